The lowest BCUT2D eigenvalue weighted by Crippen LogP contribution is -1.92. The largest absolute Gasteiger partial charge is 0.481 e. The average molecular weight is 224 g/mol. The SMILES string of the molecule is CCCC/C=C\C/C=C\CCCCC(=O)O. The number of carbonyl (C=O) groups is 1. The topological polar surface area (TPSA) is 37.3 Å². The Morgan fingerprint density at radius 1 is 1.00 bits per heavy atom. The third-order valence-corrected chi connectivity index (χ3v) is 2.34. The maximum Gasteiger partial charge on any atom is 0.303 e. The third kappa shape index (κ3) is 12.9. The predicted octanol–water partition coefficient (Wildman–Crippen LogP) is 4.32. The van der Waals surface area contributed by atoms with E-state index in [1.807, 2.05) is 0 Å². The Kier molecular flexibility index (Phi) is 11.2. The van der Waals surface area contributed by atoms with Gasteiger partial charge < -0.3 is 5.11 Å². The summed E-state index contributed by atoms with van der Waals surface area (Å²) in [4.78, 5) is 10.2. The second-order valence-electron chi connectivity index (χ2n) is 3.96. The Morgan fingerprint density at radius 2 is 1.62 bits per heavy atom. The normalized spacial score (nSPS) is 11.6. The second-order valence-corrected chi connectivity index (χ2v) is 3.96. The van der Waals surface area contributed by atoms with E-state index in [-0.39, 0.29) is 0 Å². The van der Waals surface area contributed by atoms with Crippen LogP contribution in [0, 0.1) is 0 Å². The predicted molar refractivity (Wildman–Crippen MR) is 68.5 cm³/mol. The standard InChI is InChI=1S/C14H24O2/c1-2-3-4-5-6-7-8-9-10-11-12-13-14(15)16/h5-6,8-9H,2-4,7,10-13H2,1H3,(H,15,16)/b6-5-,9-8-. The molecule has 16 heavy (non-hydrogen) atoms. The minimum absolute atomic E-state index is 0.296. The summed E-state index contributed by atoms with van der Waals surface area (Å²) in [5.74, 6) is -0.692. The van der Waals surface area contributed by atoms with Crippen LogP contribution in [0.15, 0.2) is 24.3 Å². The molecule has 92 valence electrons. The van der Waals surface area contributed by atoms with Crippen LogP contribution in [0.25, 0.3) is 0 Å². The van der Waals surface area contributed by atoms with Crippen LogP contribution in [0.5, 0.6) is 0 Å². The van der Waals surface area contributed by atoms with Crippen LogP contribution in [-0.2, 0) is 4.79 Å². The van der Waals surface area contributed by atoms with E-state index in [9.17, 15) is 4.79 Å². The molecule has 0 radical (unpaired) electrons. The molecule has 0 rings (SSSR count). The van der Waals surface area contributed by atoms with Crippen molar-refractivity contribution in [3.8, 4) is 0 Å². The fourth-order valence-corrected chi connectivity index (χ4v) is 1.37. The fourth-order valence-electron chi connectivity index (χ4n) is 1.37. The molecule has 2 nitrogen and oxygen atoms in total. The highest BCUT2D eigenvalue weighted by atomic mass is 16.4. The van der Waals surface area contributed by atoms with Crippen molar-refractivity contribution in [1.29, 1.82) is 0 Å². The molecule has 0 bridgehead atoms. The van der Waals surface area contributed by atoms with Crippen LogP contribution < -0.4 is 0 Å². The van der Waals surface area contributed by atoms with Crippen LogP contribution >= 0.6 is 0 Å². The molecule has 0 aliphatic rings. The van der Waals surface area contributed by atoms with Crippen LogP contribution in [0.2, 0.25) is 0 Å². The van der Waals surface area contributed by atoms with Gasteiger partial charge in [0.05, 0.1) is 0 Å². The molecule has 0 saturated carbocycles. The first-order valence-electron chi connectivity index (χ1n) is 6.29. The molecule has 0 aromatic carbocycles. The summed E-state index contributed by atoms with van der Waals surface area (Å²) in [5, 5.41) is 8.43. The van der Waals surface area contributed by atoms with E-state index in [0.29, 0.717) is 6.42 Å². The van der Waals surface area contributed by atoms with Crippen molar-refractivity contribution in [3.63, 3.8) is 0 Å². The molecule has 0 atom stereocenters. The van der Waals surface area contributed by atoms with Gasteiger partial charge in [0.25, 0.3) is 0 Å². The molecular weight excluding hydrogens is 200 g/mol. The van der Waals surface area contributed by atoms with Gasteiger partial charge in [-0.3, -0.25) is 4.79 Å². The fraction of sp³-hybridized carbons (Fsp3) is 0.643. The van der Waals surface area contributed by atoms with Gasteiger partial charge in [-0.2, -0.15) is 0 Å². The van der Waals surface area contributed by atoms with E-state index in [4.69, 9.17) is 5.11 Å². The van der Waals surface area contributed by atoms with Crippen LogP contribution in [-0.4, -0.2) is 11.1 Å². The summed E-state index contributed by atoms with van der Waals surface area (Å²) in [6, 6.07) is 0. The number of allylic oxidation sites excluding steroid dienone is 4. The van der Waals surface area contributed by atoms with Gasteiger partial charge in [-0.25, -0.2) is 0 Å². The molecule has 0 aromatic rings. The molecule has 0 fully saturated rings. The van der Waals surface area contributed by atoms with Gasteiger partial charge in [0.2, 0.25) is 0 Å². The first-order chi connectivity index (χ1) is 7.77. The van der Waals surface area contributed by atoms with E-state index >= 15 is 0 Å². The number of carboxylic acid groups (broad SMARTS) is 1. The Labute approximate surface area is 99.1 Å². The Morgan fingerprint density at radius 3 is 2.19 bits per heavy atom. The molecule has 0 aliphatic carbocycles. The molecule has 1 N–H and O–H groups in total. The molecule has 0 unspecified atom stereocenters. The summed E-state index contributed by atoms with van der Waals surface area (Å²) in [6.45, 7) is 2.20. The molecular formula is C14H24O2. The van der Waals surface area contributed by atoms with Gasteiger partial charge in [0, 0.05) is 6.42 Å². The van der Waals surface area contributed by atoms with Crippen molar-refractivity contribution in [2.24, 2.45) is 0 Å². The number of hydrogen-bond donors (Lipinski definition) is 1. The highest BCUT2D eigenvalue weighted by Gasteiger charge is 1.93. The van der Waals surface area contributed by atoms with Gasteiger partial charge in [-0.05, 0) is 32.1 Å². The first-order valence-corrected chi connectivity index (χ1v) is 6.29. The van der Waals surface area contributed by atoms with E-state index in [1.165, 1.54) is 19.3 Å². The molecule has 0 amide bonds. The van der Waals surface area contributed by atoms with E-state index < -0.39 is 5.97 Å². The van der Waals surface area contributed by atoms with Crippen LogP contribution in [0.4, 0.5) is 0 Å². The molecule has 0 saturated heterocycles. The summed E-state index contributed by atoms with van der Waals surface area (Å²) in [7, 11) is 0. The maximum absolute atomic E-state index is 10.2. The Bertz CT molecular complexity index is 217. The second kappa shape index (κ2) is 12.0. The Balaban J connectivity index is 3.21. The van der Waals surface area contributed by atoms with Gasteiger partial charge in [0.1, 0.15) is 0 Å². The minimum Gasteiger partial charge on any atom is -0.481 e. The first kappa shape index (κ1) is 14.9. The summed E-state index contributed by atoms with van der Waals surface area (Å²) in [6.07, 6.45) is 16.5. The quantitative estimate of drug-likeness (QED) is 0.443. The number of aliphatic carboxylic acids is 1. The molecule has 0 aromatic heterocycles. The lowest BCUT2D eigenvalue weighted by Gasteiger charge is -1.92. The zero-order valence-electron chi connectivity index (χ0n) is 10.3. The maximum atomic E-state index is 10.2. The van der Waals surface area contributed by atoms with Gasteiger partial charge in [0.15, 0.2) is 0 Å². The van der Waals surface area contributed by atoms with Crippen LogP contribution in [0.1, 0.15) is 58.3 Å². The van der Waals surface area contributed by atoms with E-state index in [0.717, 1.165) is 25.7 Å². The van der Waals surface area contributed by atoms with Crippen molar-refractivity contribution < 1.29 is 9.90 Å². The number of rotatable bonds is 10. The third-order valence-electron chi connectivity index (χ3n) is 2.34. The van der Waals surface area contributed by atoms with Crippen molar-refractivity contribution in [2.75, 3.05) is 0 Å². The number of unbranched alkanes of at least 4 members (excludes halogenated alkanes) is 4. The van der Waals surface area contributed by atoms with Gasteiger partial charge >= 0.3 is 5.97 Å². The van der Waals surface area contributed by atoms with Crippen molar-refractivity contribution in [1.82, 2.24) is 0 Å². The van der Waals surface area contributed by atoms with Crippen molar-refractivity contribution >= 4 is 5.97 Å². The zero-order valence-corrected chi connectivity index (χ0v) is 10.3. The van der Waals surface area contributed by atoms with E-state index in [1.54, 1.807) is 0 Å². The molecule has 0 aliphatic heterocycles. The number of hydrogen-bond acceptors (Lipinski definition) is 1. The summed E-state index contributed by atoms with van der Waals surface area (Å²) < 4.78 is 0. The highest BCUT2D eigenvalue weighted by Crippen LogP contribution is 2.02. The lowest BCUT2D eigenvalue weighted by atomic mass is 10.2. The molecule has 0 spiro atoms. The van der Waals surface area contributed by atoms with Crippen LogP contribution in [0.3, 0.4) is 0 Å². The summed E-state index contributed by atoms with van der Waals surface area (Å²) in [5.41, 5.74) is 0. The smallest absolute Gasteiger partial charge is 0.303 e. The van der Waals surface area contributed by atoms with Gasteiger partial charge in [-0.1, -0.05) is 44.1 Å². The zero-order chi connectivity index (χ0) is 12.1. The van der Waals surface area contributed by atoms with E-state index in [2.05, 4.69) is 31.2 Å². The summed E-state index contributed by atoms with van der Waals surface area (Å²) >= 11 is 0. The highest BCUT2D eigenvalue weighted by molar-refractivity contribution is 5.66. The van der Waals surface area contributed by atoms with Crippen molar-refractivity contribution in [3.05, 3.63) is 24.3 Å². The van der Waals surface area contributed by atoms with Crippen molar-refractivity contribution in [2.45, 2.75) is 58.3 Å². The van der Waals surface area contributed by atoms with Gasteiger partial charge in [-0.15, -0.1) is 0 Å². The molecule has 0 heterocycles. The lowest BCUT2D eigenvalue weighted by molar-refractivity contribution is -0.137. The number of carboxylic acids is 1. The molecule has 2 heteroatoms. The minimum atomic E-state index is -0.692. The Hall–Kier alpha value is -1.05. The average Bonchev–Trinajstić information content (AvgIpc) is 2.25. The monoisotopic (exact) mass is 224 g/mol.